The van der Waals surface area contributed by atoms with Crippen LogP contribution >= 0.6 is 0 Å². The van der Waals surface area contributed by atoms with Crippen molar-refractivity contribution >= 4 is 22.5 Å². The Bertz CT molecular complexity index is 1040. The normalized spacial score (nSPS) is 15.9. The zero-order valence-electron chi connectivity index (χ0n) is 17.2. The number of benzene rings is 1. The smallest absolute Gasteiger partial charge is 0.253 e. The van der Waals surface area contributed by atoms with Crippen molar-refractivity contribution in [2.24, 2.45) is 5.73 Å². The van der Waals surface area contributed by atoms with Crippen LogP contribution in [0.4, 0.5) is 5.69 Å². The molecule has 0 spiro atoms. The monoisotopic (exact) mass is 405 g/mol. The molecule has 0 atom stereocenters. The van der Waals surface area contributed by atoms with Crippen molar-refractivity contribution in [1.29, 1.82) is 0 Å². The minimum atomic E-state index is -0.909. The van der Waals surface area contributed by atoms with E-state index in [2.05, 4.69) is 14.9 Å². The van der Waals surface area contributed by atoms with E-state index in [1.807, 2.05) is 36.5 Å². The molecule has 156 valence electrons. The van der Waals surface area contributed by atoms with Crippen molar-refractivity contribution in [3.05, 3.63) is 66.1 Å². The molecule has 1 saturated heterocycles. The van der Waals surface area contributed by atoms with Crippen molar-refractivity contribution in [1.82, 2.24) is 14.9 Å². The Morgan fingerprint density at radius 1 is 1.23 bits per heavy atom. The van der Waals surface area contributed by atoms with Gasteiger partial charge in [-0.05, 0) is 42.7 Å². The van der Waals surface area contributed by atoms with E-state index < -0.39 is 5.60 Å². The molecule has 0 saturated carbocycles. The van der Waals surface area contributed by atoms with E-state index in [0.717, 1.165) is 22.2 Å². The Labute approximate surface area is 176 Å². The summed E-state index contributed by atoms with van der Waals surface area (Å²) in [5.74, 6) is -0.104. The van der Waals surface area contributed by atoms with Crippen LogP contribution in [-0.4, -0.2) is 58.2 Å². The minimum Gasteiger partial charge on any atom is -0.388 e. The molecular formula is C23H27N5O2. The van der Waals surface area contributed by atoms with Crippen LogP contribution < -0.4 is 10.6 Å². The maximum absolute atomic E-state index is 12.8. The summed E-state index contributed by atoms with van der Waals surface area (Å²) in [7, 11) is 1.74. The Morgan fingerprint density at radius 3 is 2.80 bits per heavy atom. The molecule has 7 heteroatoms. The third-order valence-electron chi connectivity index (χ3n) is 5.84. The van der Waals surface area contributed by atoms with E-state index in [-0.39, 0.29) is 5.91 Å². The number of amides is 1. The molecule has 4 rings (SSSR count). The summed E-state index contributed by atoms with van der Waals surface area (Å²) in [6, 6.07) is 11.2. The van der Waals surface area contributed by atoms with Crippen molar-refractivity contribution in [2.75, 3.05) is 31.6 Å². The van der Waals surface area contributed by atoms with Gasteiger partial charge in [-0.3, -0.25) is 14.8 Å². The number of nitrogens with zero attached hydrogens (tertiary/aromatic N) is 4. The summed E-state index contributed by atoms with van der Waals surface area (Å²) in [5.41, 5.74) is 8.28. The Balaban J connectivity index is 1.42. The highest BCUT2D eigenvalue weighted by Gasteiger charge is 2.35. The van der Waals surface area contributed by atoms with Crippen LogP contribution in [0, 0.1) is 0 Å². The second-order valence-corrected chi connectivity index (χ2v) is 8.00. The molecule has 0 bridgehead atoms. The molecule has 30 heavy (non-hydrogen) atoms. The van der Waals surface area contributed by atoms with E-state index >= 15 is 0 Å². The number of hydrogen-bond donors (Lipinski definition) is 2. The molecule has 0 unspecified atom stereocenters. The highest BCUT2D eigenvalue weighted by molar-refractivity contribution is 5.94. The number of pyridine rings is 2. The van der Waals surface area contributed by atoms with Gasteiger partial charge in [-0.15, -0.1) is 0 Å². The summed E-state index contributed by atoms with van der Waals surface area (Å²) in [4.78, 5) is 25.3. The third-order valence-corrected chi connectivity index (χ3v) is 5.84. The molecule has 1 aromatic carbocycles. The SMILES string of the molecule is CN(CC1(O)CCN(c2ccnc3ccncc23)CC1)C(=O)c1cccc(CN)c1. The lowest BCUT2D eigenvalue weighted by molar-refractivity contribution is -0.00799. The Hall–Kier alpha value is -3.03. The van der Waals surface area contributed by atoms with Gasteiger partial charge in [0, 0.05) is 68.5 Å². The van der Waals surface area contributed by atoms with Gasteiger partial charge in [0.2, 0.25) is 0 Å². The fraction of sp³-hybridized carbons (Fsp3) is 0.348. The first-order valence-corrected chi connectivity index (χ1v) is 10.2. The van der Waals surface area contributed by atoms with Gasteiger partial charge < -0.3 is 20.6 Å². The van der Waals surface area contributed by atoms with E-state index in [1.165, 1.54) is 0 Å². The van der Waals surface area contributed by atoms with Crippen LogP contribution in [0.2, 0.25) is 0 Å². The lowest BCUT2D eigenvalue weighted by Crippen LogP contribution is -2.51. The number of carbonyl (C=O) groups excluding carboxylic acids is 1. The first-order valence-electron chi connectivity index (χ1n) is 10.2. The Kier molecular flexibility index (Phi) is 5.65. The van der Waals surface area contributed by atoms with Crippen molar-refractivity contribution in [3.8, 4) is 0 Å². The fourth-order valence-electron chi connectivity index (χ4n) is 4.14. The van der Waals surface area contributed by atoms with Gasteiger partial charge in [0.25, 0.3) is 5.91 Å². The predicted octanol–water partition coefficient (Wildman–Crippen LogP) is 2.19. The number of likely N-dealkylation sites (N-methyl/N-ethyl adjacent to an activating group) is 1. The largest absolute Gasteiger partial charge is 0.388 e. The number of anilines is 1. The van der Waals surface area contributed by atoms with E-state index in [9.17, 15) is 9.90 Å². The lowest BCUT2D eigenvalue weighted by atomic mass is 9.90. The summed E-state index contributed by atoms with van der Waals surface area (Å²) in [5, 5.41) is 12.2. The van der Waals surface area contributed by atoms with Crippen LogP contribution in [-0.2, 0) is 6.54 Å². The van der Waals surface area contributed by atoms with Crippen LogP contribution in [0.15, 0.2) is 55.0 Å². The summed E-state index contributed by atoms with van der Waals surface area (Å²) in [6.45, 7) is 2.10. The summed E-state index contributed by atoms with van der Waals surface area (Å²) in [6.07, 6.45) is 6.54. The number of rotatable bonds is 5. The maximum atomic E-state index is 12.8. The van der Waals surface area contributed by atoms with Crippen molar-refractivity contribution < 1.29 is 9.90 Å². The topological polar surface area (TPSA) is 95.6 Å². The molecule has 7 nitrogen and oxygen atoms in total. The molecule has 1 fully saturated rings. The van der Waals surface area contributed by atoms with Gasteiger partial charge in [0.05, 0.1) is 11.1 Å². The number of carbonyl (C=O) groups is 1. The molecule has 0 aliphatic carbocycles. The number of fused-ring (bicyclic) bond motifs is 1. The highest BCUT2D eigenvalue weighted by Crippen LogP contribution is 2.31. The molecule has 3 heterocycles. The molecule has 1 amide bonds. The Morgan fingerprint density at radius 2 is 2.03 bits per heavy atom. The van der Waals surface area contributed by atoms with Gasteiger partial charge in [0.1, 0.15) is 0 Å². The lowest BCUT2D eigenvalue weighted by Gasteiger charge is -2.41. The predicted molar refractivity (Wildman–Crippen MR) is 117 cm³/mol. The van der Waals surface area contributed by atoms with Crippen molar-refractivity contribution in [2.45, 2.75) is 25.0 Å². The van der Waals surface area contributed by atoms with Crippen LogP contribution in [0.5, 0.6) is 0 Å². The number of piperidine rings is 1. The molecule has 3 N–H and O–H groups in total. The van der Waals surface area contributed by atoms with Gasteiger partial charge in [-0.25, -0.2) is 0 Å². The zero-order valence-corrected chi connectivity index (χ0v) is 17.2. The zero-order chi connectivity index (χ0) is 21.1. The molecule has 2 aromatic heterocycles. The summed E-state index contributed by atoms with van der Waals surface area (Å²) < 4.78 is 0. The molecule has 1 aliphatic heterocycles. The molecule has 3 aromatic rings. The third kappa shape index (κ3) is 4.13. The van der Waals surface area contributed by atoms with Gasteiger partial charge in [-0.2, -0.15) is 0 Å². The first kappa shape index (κ1) is 20.3. The molecule has 1 aliphatic rings. The van der Waals surface area contributed by atoms with E-state index in [0.29, 0.717) is 44.6 Å². The average Bonchev–Trinajstić information content (AvgIpc) is 2.78. The average molecular weight is 406 g/mol. The fourth-order valence-corrected chi connectivity index (χ4v) is 4.14. The van der Waals surface area contributed by atoms with Crippen molar-refractivity contribution in [3.63, 3.8) is 0 Å². The van der Waals surface area contributed by atoms with Crippen LogP contribution in [0.25, 0.3) is 10.9 Å². The van der Waals surface area contributed by atoms with Crippen LogP contribution in [0.1, 0.15) is 28.8 Å². The van der Waals surface area contributed by atoms with E-state index in [4.69, 9.17) is 5.73 Å². The molecular weight excluding hydrogens is 378 g/mol. The number of aliphatic hydroxyl groups is 1. The number of aromatic nitrogens is 2. The van der Waals surface area contributed by atoms with Gasteiger partial charge in [0.15, 0.2) is 0 Å². The van der Waals surface area contributed by atoms with Crippen LogP contribution in [0.3, 0.4) is 0 Å². The second-order valence-electron chi connectivity index (χ2n) is 8.00. The highest BCUT2D eigenvalue weighted by atomic mass is 16.3. The number of nitrogens with two attached hydrogens (primary N) is 1. The minimum absolute atomic E-state index is 0.104. The first-order chi connectivity index (χ1) is 14.5. The summed E-state index contributed by atoms with van der Waals surface area (Å²) >= 11 is 0. The number of hydrogen-bond acceptors (Lipinski definition) is 6. The van der Waals surface area contributed by atoms with Gasteiger partial charge in [-0.1, -0.05) is 12.1 Å². The maximum Gasteiger partial charge on any atom is 0.253 e. The van der Waals surface area contributed by atoms with E-state index in [1.54, 1.807) is 30.4 Å². The standard InChI is InChI=1S/C23H27N5O2/c1-27(22(29)18-4-2-3-17(13-18)14-24)16-23(30)7-11-28(12-8-23)21-6-10-26-20-5-9-25-15-19(20)21/h2-6,9-10,13,15,30H,7-8,11-12,14,16,24H2,1H3. The quantitative estimate of drug-likeness (QED) is 0.676. The van der Waals surface area contributed by atoms with Gasteiger partial charge >= 0.3 is 0 Å². The molecule has 0 radical (unpaired) electrons. The second kappa shape index (κ2) is 8.38.